The van der Waals surface area contributed by atoms with Crippen molar-refractivity contribution in [2.45, 2.75) is 57.9 Å². The molecule has 0 unspecified atom stereocenters. The van der Waals surface area contributed by atoms with Crippen LogP contribution in [0.2, 0.25) is 0 Å². The molecule has 0 heterocycles. The van der Waals surface area contributed by atoms with Crippen LogP contribution in [0.3, 0.4) is 0 Å². The van der Waals surface area contributed by atoms with Crippen molar-refractivity contribution in [3.8, 4) is 0 Å². The summed E-state index contributed by atoms with van der Waals surface area (Å²) in [6, 6.07) is 9.62. The normalized spacial score (nSPS) is 15.2. The maximum Gasteiger partial charge on any atom is 0.249 e. The van der Waals surface area contributed by atoms with Crippen LogP contribution in [0, 0.1) is 0 Å². The molecule has 2 amide bonds. The van der Waals surface area contributed by atoms with Gasteiger partial charge in [0.05, 0.1) is 0 Å². The first kappa shape index (κ1) is 17.2. The van der Waals surface area contributed by atoms with Crippen LogP contribution in [0.25, 0.3) is 0 Å². The summed E-state index contributed by atoms with van der Waals surface area (Å²) in [6.45, 7) is 0.432. The third kappa shape index (κ3) is 7.08. The van der Waals surface area contributed by atoms with E-state index in [0.717, 1.165) is 37.0 Å². The second-order valence-corrected chi connectivity index (χ2v) is 5.92. The van der Waals surface area contributed by atoms with E-state index in [9.17, 15) is 9.59 Å². The highest BCUT2D eigenvalue weighted by Crippen LogP contribution is 2.14. The van der Waals surface area contributed by atoms with E-state index in [-0.39, 0.29) is 18.2 Å². The molecule has 0 atom stereocenters. The summed E-state index contributed by atoms with van der Waals surface area (Å²) in [7, 11) is 0. The Labute approximate surface area is 137 Å². The number of hydrogen-bond acceptors (Lipinski definition) is 3. The summed E-state index contributed by atoms with van der Waals surface area (Å²) in [5.74, 6) is -0.644. The number of nitrogens with zero attached hydrogens (tertiary/aromatic N) is 1. The Hall–Kier alpha value is -2.17. The standard InChI is InChI=1S/C18H25N3O2/c22-17(19-14-15-9-5-4-6-10-15)13-18(23)21-20-16-11-7-2-1-3-8-12-16/h4-6,9-10H,1-3,7-8,11-14H2,(H,19,22)(H,21,23). The maximum absolute atomic E-state index is 11.8. The second kappa shape index (κ2) is 9.77. The summed E-state index contributed by atoms with van der Waals surface area (Å²) in [5, 5.41) is 6.93. The molecule has 5 heteroatoms. The van der Waals surface area contributed by atoms with E-state index in [4.69, 9.17) is 0 Å². The fraction of sp³-hybridized carbons (Fsp3) is 0.500. The lowest BCUT2D eigenvalue weighted by atomic mass is 9.99. The van der Waals surface area contributed by atoms with Crippen LogP contribution >= 0.6 is 0 Å². The zero-order valence-electron chi connectivity index (χ0n) is 13.5. The van der Waals surface area contributed by atoms with Gasteiger partial charge >= 0.3 is 0 Å². The summed E-state index contributed by atoms with van der Waals surface area (Å²) in [5.41, 5.74) is 4.57. The molecule has 1 fully saturated rings. The van der Waals surface area contributed by atoms with Crippen LogP contribution in [-0.4, -0.2) is 17.5 Å². The highest BCUT2D eigenvalue weighted by molar-refractivity contribution is 5.97. The van der Waals surface area contributed by atoms with Crippen LogP contribution < -0.4 is 10.7 Å². The topological polar surface area (TPSA) is 70.6 Å². The van der Waals surface area contributed by atoms with Crippen LogP contribution in [0.4, 0.5) is 0 Å². The highest BCUT2D eigenvalue weighted by Gasteiger charge is 2.10. The van der Waals surface area contributed by atoms with Crippen LogP contribution in [0.1, 0.15) is 56.9 Å². The molecule has 23 heavy (non-hydrogen) atoms. The minimum atomic E-state index is -0.356. The second-order valence-electron chi connectivity index (χ2n) is 5.92. The molecule has 0 spiro atoms. The van der Waals surface area contributed by atoms with Gasteiger partial charge in [-0.25, -0.2) is 5.43 Å². The molecule has 1 aliphatic rings. The molecule has 5 nitrogen and oxygen atoms in total. The Kier molecular flexibility index (Phi) is 7.30. The van der Waals surface area contributed by atoms with E-state index >= 15 is 0 Å². The predicted octanol–water partition coefficient (Wildman–Crippen LogP) is 2.91. The van der Waals surface area contributed by atoms with E-state index < -0.39 is 0 Å². The minimum absolute atomic E-state index is 0.191. The Morgan fingerprint density at radius 2 is 1.57 bits per heavy atom. The predicted molar refractivity (Wildman–Crippen MR) is 90.8 cm³/mol. The summed E-state index contributed by atoms with van der Waals surface area (Å²) in [4.78, 5) is 23.5. The lowest BCUT2D eigenvalue weighted by Crippen LogP contribution is -2.30. The van der Waals surface area contributed by atoms with Crippen molar-refractivity contribution in [1.29, 1.82) is 0 Å². The first-order valence-corrected chi connectivity index (χ1v) is 8.39. The van der Waals surface area contributed by atoms with E-state index in [1.54, 1.807) is 0 Å². The Morgan fingerprint density at radius 3 is 2.26 bits per heavy atom. The van der Waals surface area contributed by atoms with E-state index in [2.05, 4.69) is 15.8 Å². The molecule has 0 saturated heterocycles. The number of hydrogen-bond donors (Lipinski definition) is 2. The van der Waals surface area contributed by atoms with Crippen molar-refractivity contribution in [2.75, 3.05) is 0 Å². The molecule has 1 aromatic rings. The lowest BCUT2D eigenvalue weighted by Gasteiger charge is -2.11. The number of benzene rings is 1. The molecule has 1 aliphatic carbocycles. The fourth-order valence-corrected chi connectivity index (χ4v) is 2.61. The van der Waals surface area contributed by atoms with Crippen molar-refractivity contribution >= 4 is 17.5 Å². The summed E-state index contributed by atoms with van der Waals surface area (Å²) in [6.07, 6.45) is 7.72. The van der Waals surface area contributed by atoms with Gasteiger partial charge in [0.2, 0.25) is 11.8 Å². The van der Waals surface area contributed by atoms with Gasteiger partial charge < -0.3 is 5.32 Å². The smallest absolute Gasteiger partial charge is 0.249 e. The quantitative estimate of drug-likeness (QED) is 0.648. The monoisotopic (exact) mass is 315 g/mol. The van der Waals surface area contributed by atoms with Crippen LogP contribution in [-0.2, 0) is 16.1 Å². The first-order chi connectivity index (χ1) is 11.2. The molecular weight excluding hydrogens is 290 g/mol. The summed E-state index contributed by atoms with van der Waals surface area (Å²) < 4.78 is 0. The molecule has 2 rings (SSSR count). The SMILES string of the molecule is O=C(CC(=O)NN=C1CCCCCCC1)NCc1ccccc1. The van der Waals surface area contributed by atoms with Gasteiger partial charge in [0, 0.05) is 12.3 Å². The van der Waals surface area contributed by atoms with Crippen molar-refractivity contribution in [1.82, 2.24) is 10.7 Å². The minimum Gasteiger partial charge on any atom is -0.352 e. The van der Waals surface area contributed by atoms with Crippen LogP contribution in [0.15, 0.2) is 35.4 Å². The van der Waals surface area contributed by atoms with Crippen molar-refractivity contribution in [3.05, 3.63) is 35.9 Å². The number of amides is 2. The molecule has 0 radical (unpaired) electrons. The fourth-order valence-electron chi connectivity index (χ4n) is 2.61. The lowest BCUT2D eigenvalue weighted by molar-refractivity contribution is -0.129. The molecule has 1 aromatic carbocycles. The van der Waals surface area contributed by atoms with Gasteiger partial charge in [-0.15, -0.1) is 0 Å². The molecular formula is C18H25N3O2. The molecule has 1 saturated carbocycles. The van der Waals surface area contributed by atoms with E-state index in [0.29, 0.717) is 6.54 Å². The Bertz CT molecular complexity index is 530. The molecule has 0 aromatic heterocycles. The Balaban J connectivity index is 1.69. The largest absolute Gasteiger partial charge is 0.352 e. The van der Waals surface area contributed by atoms with Gasteiger partial charge in [-0.2, -0.15) is 5.10 Å². The average molecular weight is 315 g/mol. The van der Waals surface area contributed by atoms with Gasteiger partial charge in [0.1, 0.15) is 6.42 Å². The number of nitrogens with one attached hydrogen (secondary N) is 2. The zero-order chi connectivity index (χ0) is 16.3. The molecule has 0 bridgehead atoms. The number of hydrazone groups is 1. The number of carbonyl (C=O) groups is 2. The van der Waals surface area contributed by atoms with Crippen LogP contribution in [0.5, 0.6) is 0 Å². The molecule has 124 valence electrons. The third-order valence-corrected chi connectivity index (χ3v) is 3.92. The van der Waals surface area contributed by atoms with E-state index in [1.165, 1.54) is 19.3 Å². The number of rotatable bonds is 5. The van der Waals surface area contributed by atoms with Gasteiger partial charge in [-0.05, 0) is 31.2 Å². The number of carbonyl (C=O) groups excluding carboxylic acids is 2. The summed E-state index contributed by atoms with van der Waals surface area (Å²) >= 11 is 0. The molecule has 0 aliphatic heterocycles. The third-order valence-electron chi connectivity index (χ3n) is 3.92. The van der Waals surface area contributed by atoms with E-state index in [1.807, 2.05) is 30.3 Å². The first-order valence-electron chi connectivity index (χ1n) is 8.39. The average Bonchev–Trinajstić information content (AvgIpc) is 2.53. The molecule has 2 N–H and O–H groups in total. The Morgan fingerprint density at radius 1 is 0.913 bits per heavy atom. The van der Waals surface area contributed by atoms with Crippen molar-refractivity contribution in [2.24, 2.45) is 5.10 Å². The van der Waals surface area contributed by atoms with Gasteiger partial charge in [-0.1, -0.05) is 49.6 Å². The van der Waals surface area contributed by atoms with Crippen molar-refractivity contribution in [3.63, 3.8) is 0 Å². The van der Waals surface area contributed by atoms with Gasteiger partial charge in [-0.3, -0.25) is 9.59 Å². The maximum atomic E-state index is 11.8. The highest BCUT2D eigenvalue weighted by atomic mass is 16.2. The zero-order valence-corrected chi connectivity index (χ0v) is 13.5. The van der Waals surface area contributed by atoms with Crippen molar-refractivity contribution < 1.29 is 9.59 Å². The van der Waals surface area contributed by atoms with Gasteiger partial charge in [0.25, 0.3) is 0 Å². The van der Waals surface area contributed by atoms with Gasteiger partial charge in [0.15, 0.2) is 0 Å².